The topological polar surface area (TPSA) is 45.1 Å². The third kappa shape index (κ3) is 2.95. The summed E-state index contributed by atoms with van der Waals surface area (Å²) in [7, 11) is 0. The summed E-state index contributed by atoms with van der Waals surface area (Å²) in [6, 6.07) is 3.99. The smallest absolute Gasteiger partial charge is 0.125 e. The summed E-state index contributed by atoms with van der Waals surface area (Å²) in [6.07, 6.45) is 7.19. The summed E-state index contributed by atoms with van der Waals surface area (Å²) in [5.74, 6) is 0.851. The van der Waals surface area contributed by atoms with Crippen molar-refractivity contribution in [1.82, 2.24) is 4.98 Å². The lowest BCUT2D eigenvalue weighted by Gasteiger charge is -2.32. The monoisotopic (exact) mass is 220 g/mol. The molecule has 1 fully saturated rings. The van der Waals surface area contributed by atoms with Gasteiger partial charge in [0.05, 0.1) is 5.60 Å². The standard InChI is InChI=1S/C13H20N2O/c1-11-5-6-12(14-9-11)15-10-13(16)7-3-2-4-8-13/h5-6,9,16H,2-4,7-8,10H2,1H3,(H,14,15). The molecule has 1 aromatic rings. The van der Waals surface area contributed by atoms with Gasteiger partial charge < -0.3 is 10.4 Å². The average molecular weight is 220 g/mol. The predicted molar refractivity (Wildman–Crippen MR) is 65.5 cm³/mol. The molecule has 88 valence electrons. The first kappa shape index (κ1) is 11.4. The first-order valence-electron chi connectivity index (χ1n) is 6.07. The summed E-state index contributed by atoms with van der Waals surface area (Å²) < 4.78 is 0. The van der Waals surface area contributed by atoms with Crippen LogP contribution in [0.1, 0.15) is 37.7 Å². The highest BCUT2D eigenvalue weighted by Gasteiger charge is 2.28. The van der Waals surface area contributed by atoms with Gasteiger partial charge in [0.15, 0.2) is 0 Å². The maximum atomic E-state index is 10.3. The molecule has 0 aliphatic heterocycles. The van der Waals surface area contributed by atoms with Gasteiger partial charge in [0, 0.05) is 12.7 Å². The van der Waals surface area contributed by atoms with Crippen LogP contribution in [0.3, 0.4) is 0 Å². The molecule has 3 heteroatoms. The van der Waals surface area contributed by atoms with E-state index in [1.165, 1.54) is 6.42 Å². The van der Waals surface area contributed by atoms with Crippen LogP contribution >= 0.6 is 0 Å². The van der Waals surface area contributed by atoms with Crippen LogP contribution in [0, 0.1) is 6.92 Å². The van der Waals surface area contributed by atoms with Gasteiger partial charge in [-0.1, -0.05) is 25.3 Å². The molecule has 0 unspecified atom stereocenters. The maximum absolute atomic E-state index is 10.3. The molecular weight excluding hydrogens is 200 g/mol. The van der Waals surface area contributed by atoms with Crippen molar-refractivity contribution in [2.24, 2.45) is 0 Å². The molecule has 3 nitrogen and oxygen atoms in total. The van der Waals surface area contributed by atoms with Crippen LogP contribution in [-0.4, -0.2) is 22.2 Å². The van der Waals surface area contributed by atoms with Crippen LogP contribution in [0.15, 0.2) is 18.3 Å². The number of rotatable bonds is 3. The number of nitrogens with one attached hydrogen (secondary N) is 1. The summed E-state index contributed by atoms with van der Waals surface area (Å²) in [4.78, 5) is 4.27. The van der Waals surface area contributed by atoms with Crippen molar-refractivity contribution in [2.75, 3.05) is 11.9 Å². The largest absolute Gasteiger partial charge is 0.388 e. The zero-order valence-electron chi connectivity index (χ0n) is 9.87. The zero-order chi connectivity index (χ0) is 11.4. The SMILES string of the molecule is Cc1ccc(NCC2(O)CCCCC2)nc1. The molecule has 1 saturated carbocycles. The van der Waals surface area contributed by atoms with E-state index in [0.29, 0.717) is 6.54 Å². The number of hydrogen-bond donors (Lipinski definition) is 2. The third-order valence-corrected chi connectivity index (χ3v) is 3.29. The van der Waals surface area contributed by atoms with Crippen LogP contribution in [0.25, 0.3) is 0 Å². The van der Waals surface area contributed by atoms with Crippen molar-refractivity contribution in [3.05, 3.63) is 23.9 Å². The minimum atomic E-state index is -0.523. The molecule has 0 saturated heterocycles. The van der Waals surface area contributed by atoms with Crippen molar-refractivity contribution < 1.29 is 5.11 Å². The van der Waals surface area contributed by atoms with Crippen LogP contribution < -0.4 is 5.32 Å². The predicted octanol–water partition coefficient (Wildman–Crippen LogP) is 2.50. The van der Waals surface area contributed by atoms with Gasteiger partial charge in [-0.05, 0) is 31.4 Å². The minimum absolute atomic E-state index is 0.523. The summed E-state index contributed by atoms with van der Waals surface area (Å²) >= 11 is 0. The highest BCUT2D eigenvalue weighted by Crippen LogP contribution is 2.28. The molecule has 1 heterocycles. The van der Waals surface area contributed by atoms with Gasteiger partial charge in [0.1, 0.15) is 5.82 Å². The highest BCUT2D eigenvalue weighted by molar-refractivity contribution is 5.35. The van der Waals surface area contributed by atoms with Crippen molar-refractivity contribution in [3.8, 4) is 0 Å². The van der Waals surface area contributed by atoms with Crippen molar-refractivity contribution >= 4 is 5.82 Å². The molecule has 2 N–H and O–H groups in total. The fourth-order valence-corrected chi connectivity index (χ4v) is 2.21. The van der Waals surface area contributed by atoms with Gasteiger partial charge in [0.2, 0.25) is 0 Å². The second-order valence-corrected chi connectivity index (χ2v) is 4.86. The number of hydrogen-bond acceptors (Lipinski definition) is 3. The number of aryl methyl sites for hydroxylation is 1. The number of nitrogens with zero attached hydrogens (tertiary/aromatic N) is 1. The van der Waals surface area contributed by atoms with Gasteiger partial charge in [-0.15, -0.1) is 0 Å². The normalized spacial score (nSPS) is 19.4. The highest BCUT2D eigenvalue weighted by atomic mass is 16.3. The van der Waals surface area contributed by atoms with E-state index in [-0.39, 0.29) is 0 Å². The lowest BCUT2D eigenvalue weighted by Crippen LogP contribution is -2.38. The van der Waals surface area contributed by atoms with Gasteiger partial charge in [-0.25, -0.2) is 4.98 Å². The Labute approximate surface area is 96.9 Å². The lowest BCUT2D eigenvalue weighted by molar-refractivity contribution is 0.0166. The first-order chi connectivity index (χ1) is 7.68. The Bertz CT molecular complexity index is 328. The van der Waals surface area contributed by atoms with Gasteiger partial charge in [-0.2, -0.15) is 0 Å². The quantitative estimate of drug-likeness (QED) is 0.822. The summed E-state index contributed by atoms with van der Waals surface area (Å²) in [6.45, 7) is 2.63. The van der Waals surface area contributed by atoms with Crippen molar-refractivity contribution in [3.63, 3.8) is 0 Å². The van der Waals surface area contributed by atoms with E-state index < -0.39 is 5.60 Å². The van der Waals surface area contributed by atoms with E-state index in [0.717, 1.165) is 37.1 Å². The van der Waals surface area contributed by atoms with Gasteiger partial charge in [0.25, 0.3) is 0 Å². The Morgan fingerprint density at radius 1 is 1.31 bits per heavy atom. The lowest BCUT2D eigenvalue weighted by atomic mass is 9.85. The van der Waals surface area contributed by atoms with E-state index in [2.05, 4.69) is 10.3 Å². The minimum Gasteiger partial charge on any atom is -0.388 e. The second kappa shape index (κ2) is 4.83. The molecule has 0 radical (unpaired) electrons. The van der Waals surface area contributed by atoms with Crippen LogP contribution in [0.2, 0.25) is 0 Å². The molecule has 0 amide bonds. The van der Waals surface area contributed by atoms with E-state index in [4.69, 9.17) is 0 Å². The number of pyridine rings is 1. The molecule has 1 aliphatic carbocycles. The molecule has 2 rings (SSSR count). The number of aromatic nitrogens is 1. The summed E-state index contributed by atoms with van der Waals surface area (Å²) in [5.41, 5.74) is 0.632. The van der Waals surface area contributed by atoms with Crippen molar-refractivity contribution in [1.29, 1.82) is 0 Å². The summed E-state index contributed by atoms with van der Waals surface area (Å²) in [5, 5.41) is 13.5. The van der Waals surface area contributed by atoms with Crippen LogP contribution in [0.4, 0.5) is 5.82 Å². The van der Waals surface area contributed by atoms with Crippen LogP contribution in [0.5, 0.6) is 0 Å². The van der Waals surface area contributed by atoms with E-state index >= 15 is 0 Å². The van der Waals surface area contributed by atoms with Crippen molar-refractivity contribution in [2.45, 2.75) is 44.6 Å². The average Bonchev–Trinajstić information content (AvgIpc) is 2.29. The molecule has 0 atom stereocenters. The fraction of sp³-hybridized carbons (Fsp3) is 0.615. The molecule has 16 heavy (non-hydrogen) atoms. The van der Waals surface area contributed by atoms with E-state index in [1.807, 2.05) is 25.3 Å². The second-order valence-electron chi connectivity index (χ2n) is 4.86. The molecule has 0 spiro atoms. The molecule has 0 bridgehead atoms. The Morgan fingerprint density at radius 2 is 2.06 bits per heavy atom. The Hall–Kier alpha value is -1.09. The van der Waals surface area contributed by atoms with E-state index in [1.54, 1.807) is 0 Å². The first-order valence-corrected chi connectivity index (χ1v) is 6.07. The molecule has 1 aliphatic rings. The Kier molecular flexibility index (Phi) is 3.44. The van der Waals surface area contributed by atoms with Gasteiger partial charge in [-0.3, -0.25) is 0 Å². The number of anilines is 1. The van der Waals surface area contributed by atoms with E-state index in [9.17, 15) is 5.11 Å². The molecule has 0 aromatic carbocycles. The molecule has 1 aromatic heterocycles. The zero-order valence-corrected chi connectivity index (χ0v) is 9.87. The maximum Gasteiger partial charge on any atom is 0.125 e. The number of aliphatic hydroxyl groups is 1. The Balaban J connectivity index is 1.88. The Morgan fingerprint density at radius 3 is 2.69 bits per heavy atom. The fourth-order valence-electron chi connectivity index (χ4n) is 2.21. The molecular formula is C13H20N2O. The third-order valence-electron chi connectivity index (χ3n) is 3.29. The van der Waals surface area contributed by atoms with Gasteiger partial charge >= 0.3 is 0 Å². The van der Waals surface area contributed by atoms with Crippen LogP contribution in [-0.2, 0) is 0 Å².